The zero-order valence-electron chi connectivity index (χ0n) is 15.7. The van der Waals surface area contributed by atoms with Crippen molar-refractivity contribution in [1.82, 2.24) is 0 Å². The van der Waals surface area contributed by atoms with Gasteiger partial charge >= 0.3 is 6.09 Å². The Morgan fingerprint density at radius 2 is 1.69 bits per heavy atom. The molecule has 2 aromatic carbocycles. The van der Waals surface area contributed by atoms with Crippen molar-refractivity contribution in [2.75, 3.05) is 19.1 Å². The van der Waals surface area contributed by atoms with Crippen LogP contribution in [0, 0.1) is 12.0 Å². The van der Waals surface area contributed by atoms with E-state index in [1.807, 2.05) is 30.3 Å². The summed E-state index contributed by atoms with van der Waals surface area (Å²) in [5.74, 6) is 4.05. The molecule has 0 aliphatic carbocycles. The average molecular weight is 353 g/mol. The van der Waals surface area contributed by atoms with Gasteiger partial charge in [-0.15, -0.1) is 0 Å². The highest BCUT2D eigenvalue weighted by Gasteiger charge is 2.25. The van der Waals surface area contributed by atoms with E-state index in [-0.39, 0.29) is 0 Å². The van der Waals surface area contributed by atoms with Crippen LogP contribution in [-0.2, 0) is 4.74 Å². The van der Waals surface area contributed by atoms with Gasteiger partial charge in [-0.25, -0.2) is 4.79 Å². The highest BCUT2D eigenvalue weighted by molar-refractivity contribution is 5.93. The van der Waals surface area contributed by atoms with E-state index in [2.05, 4.69) is 12.0 Å². The highest BCUT2D eigenvalue weighted by Crippen LogP contribution is 2.32. The Hall–Kier alpha value is -3.13. The fourth-order valence-electron chi connectivity index (χ4n) is 2.12. The third-order valence-electron chi connectivity index (χ3n) is 3.29. The van der Waals surface area contributed by atoms with Gasteiger partial charge in [0, 0.05) is 17.7 Å². The standard InChI is InChI=1S/C21H23NO4/c1-21(2,3)26-20(23)22(14-13-16-9-7-6-8-10-16)18-12-11-17(24-4)15-19(18)25-5/h6-12,15H,1-5H3. The maximum Gasteiger partial charge on any atom is 0.427 e. The van der Waals surface area contributed by atoms with E-state index in [0.717, 1.165) is 5.56 Å². The van der Waals surface area contributed by atoms with Gasteiger partial charge in [-0.1, -0.05) is 18.2 Å². The van der Waals surface area contributed by atoms with Crippen molar-refractivity contribution >= 4 is 11.8 Å². The molecule has 0 fully saturated rings. The number of amides is 1. The van der Waals surface area contributed by atoms with Crippen LogP contribution in [0.3, 0.4) is 0 Å². The maximum absolute atomic E-state index is 12.7. The van der Waals surface area contributed by atoms with Crippen LogP contribution in [0.1, 0.15) is 26.3 Å². The molecule has 0 saturated carbocycles. The summed E-state index contributed by atoms with van der Waals surface area (Å²) in [7, 11) is 3.09. The molecular weight excluding hydrogens is 330 g/mol. The van der Waals surface area contributed by atoms with Crippen molar-refractivity contribution < 1.29 is 19.0 Å². The summed E-state index contributed by atoms with van der Waals surface area (Å²) in [4.78, 5) is 14.0. The molecule has 0 unspecified atom stereocenters. The molecule has 2 aromatic rings. The first-order chi connectivity index (χ1) is 12.3. The molecule has 0 aliphatic heterocycles. The molecule has 0 radical (unpaired) electrons. The van der Waals surface area contributed by atoms with Crippen LogP contribution in [0.15, 0.2) is 48.5 Å². The zero-order valence-corrected chi connectivity index (χ0v) is 15.7. The topological polar surface area (TPSA) is 48.0 Å². The minimum atomic E-state index is -0.649. The first-order valence-corrected chi connectivity index (χ1v) is 8.16. The molecule has 26 heavy (non-hydrogen) atoms. The van der Waals surface area contributed by atoms with Crippen LogP contribution in [-0.4, -0.2) is 25.9 Å². The Labute approximate surface area is 154 Å². The van der Waals surface area contributed by atoms with Crippen molar-refractivity contribution in [3.63, 3.8) is 0 Å². The Balaban J connectivity index is 2.47. The Morgan fingerprint density at radius 3 is 2.27 bits per heavy atom. The van der Waals surface area contributed by atoms with Gasteiger partial charge in [-0.05, 0) is 51.0 Å². The lowest BCUT2D eigenvalue weighted by Gasteiger charge is -2.24. The van der Waals surface area contributed by atoms with Crippen molar-refractivity contribution in [1.29, 1.82) is 0 Å². The van der Waals surface area contributed by atoms with Crippen molar-refractivity contribution in [2.24, 2.45) is 0 Å². The molecule has 0 spiro atoms. The van der Waals surface area contributed by atoms with Gasteiger partial charge in [0.2, 0.25) is 0 Å². The predicted molar refractivity (Wildman–Crippen MR) is 102 cm³/mol. The number of ether oxygens (including phenoxy) is 3. The number of methoxy groups -OCH3 is 2. The molecule has 5 heteroatoms. The van der Waals surface area contributed by atoms with E-state index >= 15 is 0 Å². The summed E-state index contributed by atoms with van der Waals surface area (Å²) in [5, 5.41) is 0. The molecule has 2 rings (SSSR count). The van der Waals surface area contributed by atoms with Gasteiger partial charge in [0.1, 0.15) is 22.8 Å². The molecule has 136 valence electrons. The Kier molecular flexibility index (Phi) is 6.13. The predicted octanol–water partition coefficient (Wildman–Crippen LogP) is 4.45. The van der Waals surface area contributed by atoms with Gasteiger partial charge in [-0.3, -0.25) is 0 Å². The normalized spacial score (nSPS) is 10.3. The molecule has 0 heterocycles. The molecule has 0 N–H and O–H groups in total. The molecule has 0 bridgehead atoms. The fourth-order valence-corrected chi connectivity index (χ4v) is 2.12. The number of carbonyl (C=O) groups excluding carboxylic acids is 1. The monoisotopic (exact) mass is 353 g/mol. The smallest absolute Gasteiger partial charge is 0.427 e. The molecule has 0 atom stereocenters. The van der Waals surface area contributed by atoms with E-state index in [9.17, 15) is 4.79 Å². The molecule has 0 saturated heterocycles. The summed E-state index contributed by atoms with van der Waals surface area (Å²) in [6.07, 6.45) is -0.579. The minimum Gasteiger partial charge on any atom is -0.497 e. The van der Waals surface area contributed by atoms with Crippen molar-refractivity contribution in [2.45, 2.75) is 26.4 Å². The summed E-state index contributed by atoms with van der Waals surface area (Å²) in [6, 6.07) is 17.4. The first-order valence-electron chi connectivity index (χ1n) is 8.16. The number of hydrogen-bond donors (Lipinski definition) is 0. The molecule has 0 aromatic heterocycles. The molecule has 5 nitrogen and oxygen atoms in total. The number of nitrogens with zero attached hydrogens (tertiary/aromatic N) is 1. The molecule has 1 amide bonds. The average Bonchev–Trinajstić information content (AvgIpc) is 2.61. The van der Waals surface area contributed by atoms with Crippen molar-refractivity contribution in [3.05, 3.63) is 54.1 Å². The molecule has 0 aliphatic rings. The van der Waals surface area contributed by atoms with Crippen LogP contribution in [0.5, 0.6) is 11.5 Å². The lowest BCUT2D eigenvalue weighted by atomic mass is 10.2. The third-order valence-corrected chi connectivity index (χ3v) is 3.29. The maximum atomic E-state index is 12.7. The van der Waals surface area contributed by atoms with Crippen LogP contribution in [0.25, 0.3) is 0 Å². The van der Waals surface area contributed by atoms with E-state index < -0.39 is 11.7 Å². The second-order valence-electron chi connectivity index (χ2n) is 6.46. The van der Waals surface area contributed by atoms with Crippen LogP contribution in [0.2, 0.25) is 0 Å². The number of carbonyl (C=O) groups is 1. The SMILES string of the molecule is COc1ccc(N(C#Cc2ccccc2)C(=O)OC(C)(C)C)c(OC)c1. The summed E-state index contributed by atoms with van der Waals surface area (Å²) >= 11 is 0. The third kappa shape index (κ3) is 5.18. The van der Waals surface area contributed by atoms with E-state index in [4.69, 9.17) is 14.2 Å². The lowest BCUT2D eigenvalue weighted by molar-refractivity contribution is 0.0599. The lowest BCUT2D eigenvalue weighted by Crippen LogP contribution is -2.34. The van der Waals surface area contributed by atoms with Gasteiger partial charge in [0.15, 0.2) is 0 Å². The number of rotatable bonds is 3. The minimum absolute atomic E-state index is 0.456. The van der Waals surface area contributed by atoms with E-state index in [1.54, 1.807) is 46.1 Å². The Morgan fingerprint density at radius 1 is 1.00 bits per heavy atom. The zero-order chi connectivity index (χ0) is 19.2. The van der Waals surface area contributed by atoms with Gasteiger partial charge in [0.05, 0.1) is 14.2 Å². The van der Waals surface area contributed by atoms with Gasteiger partial charge < -0.3 is 14.2 Å². The second-order valence-corrected chi connectivity index (χ2v) is 6.46. The molecular formula is C21H23NO4. The Bertz CT molecular complexity index is 813. The summed E-state index contributed by atoms with van der Waals surface area (Å²) < 4.78 is 16.1. The van der Waals surface area contributed by atoms with Gasteiger partial charge in [-0.2, -0.15) is 4.90 Å². The number of benzene rings is 2. The first kappa shape index (κ1) is 19.2. The highest BCUT2D eigenvalue weighted by atomic mass is 16.6. The summed E-state index contributed by atoms with van der Waals surface area (Å²) in [5.41, 5.74) is 0.614. The summed E-state index contributed by atoms with van der Waals surface area (Å²) in [6.45, 7) is 5.41. The number of anilines is 1. The van der Waals surface area contributed by atoms with E-state index in [1.165, 1.54) is 12.0 Å². The number of hydrogen-bond acceptors (Lipinski definition) is 4. The van der Waals surface area contributed by atoms with Crippen LogP contribution in [0.4, 0.5) is 10.5 Å². The second kappa shape index (κ2) is 8.30. The fraction of sp³-hybridized carbons (Fsp3) is 0.286. The largest absolute Gasteiger partial charge is 0.497 e. The van der Waals surface area contributed by atoms with Gasteiger partial charge in [0.25, 0.3) is 0 Å². The van der Waals surface area contributed by atoms with Crippen molar-refractivity contribution in [3.8, 4) is 23.5 Å². The van der Waals surface area contributed by atoms with Crippen LogP contribution < -0.4 is 14.4 Å². The van der Waals surface area contributed by atoms with Crippen LogP contribution >= 0.6 is 0 Å². The quantitative estimate of drug-likeness (QED) is 0.604. The van der Waals surface area contributed by atoms with E-state index in [0.29, 0.717) is 17.2 Å².